The molecule has 2 N–H and O–H groups in total. The van der Waals surface area contributed by atoms with Crippen LogP contribution in [0.25, 0.3) is 33.4 Å². The highest BCUT2D eigenvalue weighted by atomic mass is 32.2. The predicted molar refractivity (Wildman–Crippen MR) is 199 cm³/mol. The van der Waals surface area contributed by atoms with Crippen LogP contribution in [0.5, 0.6) is 0 Å². The molecule has 6 aromatic rings. The van der Waals surface area contributed by atoms with Crippen molar-refractivity contribution in [3.63, 3.8) is 0 Å². The first-order valence-electron chi connectivity index (χ1n) is 15.9. The van der Waals surface area contributed by atoms with Gasteiger partial charge in [0.25, 0.3) is 0 Å². The van der Waals surface area contributed by atoms with Crippen LogP contribution in [0.3, 0.4) is 0 Å². The predicted octanol–water partition coefficient (Wildman–Crippen LogP) is 12.4. The van der Waals surface area contributed by atoms with Crippen molar-refractivity contribution in [2.75, 3.05) is 5.73 Å². The van der Waals surface area contributed by atoms with E-state index in [1.54, 1.807) is 11.8 Å². The molecule has 0 fully saturated rings. The zero-order chi connectivity index (χ0) is 32.2. The molecular weight excluding hydrogens is 595 g/mol. The normalized spacial score (nSPS) is 13.0. The first-order valence-corrected chi connectivity index (χ1v) is 17.5. The van der Waals surface area contributed by atoms with Gasteiger partial charge < -0.3 is 5.73 Å². The molecule has 46 heavy (non-hydrogen) atoms. The van der Waals surface area contributed by atoms with Crippen LogP contribution >= 0.6 is 23.5 Å². The average molecular weight is 634 g/mol. The Balaban J connectivity index is 1.32. The van der Waals surface area contributed by atoms with E-state index in [0.29, 0.717) is 0 Å². The summed E-state index contributed by atoms with van der Waals surface area (Å²) in [6.07, 6.45) is 0. The summed E-state index contributed by atoms with van der Waals surface area (Å²) in [6, 6.07) is 42.1. The fourth-order valence-electron chi connectivity index (χ4n) is 6.90. The Hall–Kier alpha value is -4.18. The van der Waals surface area contributed by atoms with E-state index in [9.17, 15) is 0 Å². The lowest BCUT2D eigenvalue weighted by Crippen LogP contribution is -2.14. The molecule has 0 heterocycles. The molecule has 228 valence electrons. The number of nitrogens with two attached hydrogens (primary N) is 1. The van der Waals surface area contributed by atoms with Gasteiger partial charge in [0.1, 0.15) is 0 Å². The molecule has 0 spiro atoms. The van der Waals surface area contributed by atoms with Gasteiger partial charge in [-0.1, -0.05) is 122 Å². The van der Waals surface area contributed by atoms with Gasteiger partial charge in [-0.3, -0.25) is 0 Å². The van der Waals surface area contributed by atoms with Crippen LogP contribution in [0, 0.1) is 27.7 Å². The van der Waals surface area contributed by atoms with Gasteiger partial charge in [0.15, 0.2) is 0 Å². The highest BCUT2D eigenvalue weighted by Gasteiger charge is 2.35. The Labute approximate surface area is 282 Å². The second-order valence-electron chi connectivity index (χ2n) is 13.0. The van der Waals surface area contributed by atoms with Crippen molar-refractivity contribution in [1.82, 2.24) is 0 Å². The van der Waals surface area contributed by atoms with Crippen LogP contribution in [0.4, 0.5) is 5.69 Å². The number of rotatable bonds is 6. The largest absolute Gasteiger partial charge is 0.398 e. The van der Waals surface area contributed by atoms with Crippen molar-refractivity contribution in [3.8, 4) is 33.4 Å². The second kappa shape index (κ2) is 11.9. The fraction of sp³-hybridized carbons (Fsp3) is 0.163. The molecule has 1 aliphatic carbocycles. The van der Waals surface area contributed by atoms with E-state index < -0.39 is 0 Å². The van der Waals surface area contributed by atoms with Gasteiger partial charge in [0, 0.05) is 30.7 Å². The lowest BCUT2D eigenvalue weighted by molar-refractivity contribution is 0.660. The number of nitrogen functional groups attached to an aromatic ring is 1. The molecule has 6 aromatic carbocycles. The zero-order valence-electron chi connectivity index (χ0n) is 27.4. The van der Waals surface area contributed by atoms with Crippen molar-refractivity contribution in [1.29, 1.82) is 0 Å². The van der Waals surface area contributed by atoms with E-state index in [1.165, 1.54) is 81.4 Å². The molecule has 0 unspecified atom stereocenters. The topological polar surface area (TPSA) is 26.0 Å². The smallest absolute Gasteiger partial charge is 0.0455 e. The number of anilines is 1. The molecule has 0 bridgehead atoms. The summed E-state index contributed by atoms with van der Waals surface area (Å²) in [4.78, 5) is 4.92. The molecule has 0 saturated heterocycles. The van der Waals surface area contributed by atoms with Gasteiger partial charge in [0.05, 0.1) is 0 Å². The summed E-state index contributed by atoms with van der Waals surface area (Å²) in [5.74, 6) is 0. The lowest BCUT2D eigenvalue weighted by atomic mass is 9.81. The summed E-state index contributed by atoms with van der Waals surface area (Å²) < 4.78 is 0. The van der Waals surface area contributed by atoms with Crippen LogP contribution in [0.15, 0.2) is 135 Å². The van der Waals surface area contributed by atoms with E-state index in [0.717, 1.165) is 10.6 Å². The van der Waals surface area contributed by atoms with E-state index in [1.807, 2.05) is 23.9 Å². The monoisotopic (exact) mass is 633 g/mol. The van der Waals surface area contributed by atoms with Crippen molar-refractivity contribution in [2.45, 2.75) is 66.5 Å². The van der Waals surface area contributed by atoms with Crippen LogP contribution in [0.2, 0.25) is 0 Å². The SMILES string of the molecule is Cc1ccccc1Sc1c(C)c(Sc2ccccc2N)cc(-c2ccc(-c3ccc4c(c3)C(C)(C)c3ccccc3-4)cc2C)c1C. The van der Waals surface area contributed by atoms with Gasteiger partial charge in [-0.05, 0) is 125 Å². The van der Waals surface area contributed by atoms with Gasteiger partial charge >= 0.3 is 0 Å². The number of hydrogen-bond donors (Lipinski definition) is 1. The molecule has 0 aliphatic heterocycles. The maximum absolute atomic E-state index is 6.42. The zero-order valence-corrected chi connectivity index (χ0v) is 29.0. The third-order valence-electron chi connectivity index (χ3n) is 9.61. The average Bonchev–Trinajstić information content (AvgIpc) is 3.28. The quantitative estimate of drug-likeness (QED) is 0.185. The summed E-state index contributed by atoms with van der Waals surface area (Å²) in [6.45, 7) is 13.7. The van der Waals surface area contributed by atoms with Crippen molar-refractivity contribution in [3.05, 3.63) is 149 Å². The van der Waals surface area contributed by atoms with E-state index in [-0.39, 0.29) is 5.41 Å². The van der Waals surface area contributed by atoms with E-state index >= 15 is 0 Å². The molecule has 0 amide bonds. The molecular formula is C43H39NS2. The standard InChI is InChI=1S/C43H39NS2/c1-26-13-7-11-17-39(26)46-42-28(3)35(25-41(29(42)4)45-40-18-12-10-16-38(40)44)32-21-19-30(23-27(32)2)31-20-22-34-33-14-8-9-15-36(33)43(5,6)37(34)24-31/h7-25H,44H2,1-6H3. The molecule has 0 saturated carbocycles. The second-order valence-corrected chi connectivity index (χ2v) is 15.1. The maximum Gasteiger partial charge on any atom is 0.0455 e. The van der Waals surface area contributed by atoms with Crippen LogP contribution in [-0.4, -0.2) is 0 Å². The fourth-order valence-corrected chi connectivity index (χ4v) is 9.09. The van der Waals surface area contributed by atoms with Crippen molar-refractivity contribution >= 4 is 29.2 Å². The van der Waals surface area contributed by atoms with Gasteiger partial charge in [-0.25, -0.2) is 0 Å². The van der Waals surface area contributed by atoms with Crippen molar-refractivity contribution < 1.29 is 0 Å². The Bertz CT molecular complexity index is 2140. The number of benzene rings is 6. The number of fused-ring (bicyclic) bond motifs is 3. The molecule has 3 heteroatoms. The van der Waals surface area contributed by atoms with Gasteiger partial charge in [-0.2, -0.15) is 0 Å². The molecule has 0 atom stereocenters. The highest BCUT2D eigenvalue weighted by Crippen LogP contribution is 2.50. The summed E-state index contributed by atoms with van der Waals surface area (Å²) >= 11 is 3.63. The Kier molecular flexibility index (Phi) is 7.87. The van der Waals surface area contributed by atoms with E-state index in [4.69, 9.17) is 5.73 Å². The summed E-state index contributed by atoms with van der Waals surface area (Å²) in [5, 5.41) is 0. The van der Waals surface area contributed by atoms with Crippen LogP contribution < -0.4 is 5.73 Å². The number of para-hydroxylation sites is 1. The minimum atomic E-state index is -0.0165. The van der Waals surface area contributed by atoms with Crippen LogP contribution in [0.1, 0.15) is 47.2 Å². The Morgan fingerprint density at radius 3 is 1.85 bits per heavy atom. The Morgan fingerprint density at radius 2 is 1.11 bits per heavy atom. The molecule has 1 nitrogen and oxygen atoms in total. The molecule has 7 rings (SSSR count). The molecule has 0 aromatic heterocycles. The van der Waals surface area contributed by atoms with Crippen LogP contribution in [-0.2, 0) is 5.41 Å². The first-order chi connectivity index (χ1) is 22.1. The third kappa shape index (κ3) is 5.26. The molecule has 0 radical (unpaired) electrons. The summed E-state index contributed by atoms with van der Waals surface area (Å²) in [7, 11) is 0. The highest BCUT2D eigenvalue weighted by molar-refractivity contribution is 8.00. The number of hydrogen-bond acceptors (Lipinski definition) is 3. The Morgan fingerprint density at radius 1 is 0.478 bits per heavy atom. The maximum atomic E-state index is 6.42. The van der Waals surface area contributed by atoms with Crippen molar-refractivity contribution in [2.24, 2.45) is 0 Å². The third-order valence-corrected chi connectivity index (χ3v) is 12.3. The lowest BCUT2D eigenvalue weighted by Gasteiger charge is -2.22. The minimum absolute atomic E-state index is 0.0165. The number of aryl methyl sites for hydroxylation is 2. The summed E-state index contributed by atoms with van der Waals surface area (Å²) in [5.41, 5.74) is 23.0. The molecule has 1 aliphatic rings. The van der Waals surface area contributed by atoms with E-state index in [2.05, 4.69) is 145 Å². The van der Waals surface area contributed by atoms with Gasteiger partial charge in [-0.15, -0.1) is 0 Å². The first kappa shape index (κ1) is 30.5. The minimum Gasteiger partial charge on any atom is -0.398 e. The van der Waals surface area contributed by atoms with Gasteiger partial charge in [0.2, 0.25) is 0 Å².